The molecular weight excluding hydrogens is 446 g/mol. The number of aliphatic hydroxyl groups excluding tert-OH is 7. The molecular formula is C20H29NO12. The van der Waals surface area contributed by atoms with Gasteiger partial charge in [-0.15, -0.1) is 0 Å². The van der Waals surface area contributed by atoms with E-state index < -0.39 is 80.5 Å². The van der Waals surface area contributed by atoms with Gasteiger partial charge in [0.15, 0.2) is 12.5 Å². The minimum atomic E-state index is -1.76. The number of amides is 1. The number of nitrogens with one attached hydrogen (secondary N) is 1. The molecule has 1 aromatic carbocycles. The van der Waals surface area contributed by atoms with Crippen LogP contribution in [-0.2, 0) is 14.2 Å². The molecule has 1 amide bonds. The zero-order chi connectivity index (χ0) is 24.3. The fourth-order valence-corrected chi connectivity index (χ4v) is 3.66. The normalized spacial score (nSPS) is 39.2. The number of benzene rings is 1. The molecule has 0 bridgehead atoms. The average molecular weight is 475 g/mol. The van der Waals surface area contributed by atoms with Gasteiger partial charge in [0.2, 0.25) is 0 Å². The molecule has 33 heavy (non-hydrogen) atoms. The second-order valence-electron chi connectivity index (χ2n) is 7.76. The zero-order valence-corrected chi connectivity index (χ0v) is 17.7. The number of methoxy groups -OCH3 is 1. The molecule has 0 unspecified atom stereocenters. The van der Waals surface area contributed by atoms with E-state index in [1.807, 2.05) is 0 Å². The number of carbonyl (C=O) groups is 1. The summed E-state index contributed by atoms with van der Waals surface area (Å²) in [4.78, 5) is 12.5. The molecule has 2 aliphatic rings. The first-order valence-electron chi connectivity index (χ1n) is 10.2. The van der Waals surface area contributed by atoms with Gasteiger partial charge in [0.1, 0.15) is 54.6 Å². The van der Waals surface area contributed by atoms with Crippen LogP contribution in [0.3, 0.4) is 0 Å². The first-order valence-corrected chi connectivity index (χ1v) is 10.2. The van der Waals surface area contributed by atoms with Crippen molar-refractivity contribution in [2.24, 2.45) is 0 Å². The molecule has 2 fully saturated rings. The summed E-state index contributed by atoms with van der Waals surface area (Å²) in [6.45, 7) is -1.40. The quantitative estimate of drug-likeness (QED) is 0.190. The highest BCUT2D eigenvalue weighted by atomic mass is 16.7. The van der Waals surface area contributed by atoms with Gasteiger partial charge in [-0.25, -0.2) is 0 Å². The Morgan fingerprint density at radius 3 is 2.09 bits per heavy atom. The van der Waals surface area contributed by atoms with E-state index in [0.29, 0.717) is 5.75 Å². The summed E-state index contributed by atoms with van der Waals surface area (Å²) in [6.07, 6.45) is -15.6. The molecule has 2 heterocycles. The van der Waals surface area contributed by atoms with Gasteiger partial charge in [-0.3, -0.25) is 4.79 Å². The first kappa shape index (κ1) is 25.7. The summed E-state index contributed by atoms with van der Waals surface area (Å²) in [5.74, 6) is -0.0941. The van der Waals surface area contributed by atoms with Crippen molar-refractivity contribution in [2.45, 2.75) is 61.3 Å². The summed E-state index contributed by atoms with van der Waals surface area (Å²) in [5.41, 5.74) is 0.223. The second-order valence-corrected chi connectivity index (χ2v) is 7.76. The van der Waals surface area contributed by atoms with Crippen LogP contribution in [0.4, 0.5) is 0 Å². The van der Waals surface area contributed by atoms with Crippen molar-refractivity contribution in [2.75, 3.05) is 20.3 Å². The molecule has 0 saturated carbocycles. The monoisotopic (exact) mass is 475 g/mol. The van der Waals surface area contributed by atoms with Gasteiger partial charge >= 0.3 is 0 Å². The Morgan fingerprint density at radius 1 is 0.879 bits per heavy atom. The summed E-state index contributed by atoms with van der Waals surface area (Å²) in [5, 5.41) is 72.4. The maximum Gasteiger partial charge on any atom is 0.253 e. The molecule has 10 atom stereocenters. The Balaban J connectivity index is 1.68. The maximum absolute atomic E-state index is 12.5. The van der Waals surface area contributed by atoms with Gasteiger partial charge in [0.05, 0.1) is 20.3 Å². The van der Waals surface area contributed by atoms with Gasteiger partial charge in [0.25, 0.3) is 5.91 Å². The lowest BCUT2D eigenvalue weighted by Crippen LogP contribution is -2.66. The molecule has 0 radical (unpaired) electrons. The smallest absolute Gasteiger partial charge is 0.253 e. The van der Waals surface area contributed by atoms with E-state index in [4.69, 9.17) is 18.9 Å². The topological polar surface area (TPSA) is 208 Å². The van der Waals surface area contributed by atoms with Crippen LogP contribution in [0.5, 0.6) is 5.75 Å². The highest BCUT2D eigenvalue weighted by molar-refractivity contribution is 5.94. The van der Waals surface area contributed by atoms with Crippen LogP contribution >= 0.6 is 0 Å². The lowest BCUT2D eigenvalue weighted by atomic mass is 9.96. The molecule has 3 rings (SSSR count). The van der Waals surface area contributed by atoms with Crippen molar-refractivity contribution >= 4 is 5.91 Å². The fourth-order valence-electron chi connectivity index (χ4n) is 3.66. The lowest BCUT2D eigenvalue weighted by molar-refractivity contribution is -0.342. The van der Waals surface area contributed by atoms with Crippen LogP contribution in [0.15, 0.2) is 24.3 Å². The minimum absolute atomic E-state index is 0.223. The van der Waals surface area contributed by atoms with Gasteiger partial charge in [-0.05, 0) is 24.3 Å². The second kappa shape index (κ2) is 11.0. The van der Waals surface area contributed by atoms with Crippen molar-refractivity contribution in [1.82, 2.24) is 5.32 Å². The third-order valence-corrected chi connectivity index (χ3v) is 5.63. The number of hydrogen-bond donors (Lipinski definition) is 8. The number of carbonyl (C=O) groups excluding carboxylic acids is 1. The summed E-state index contributed by atoms with van der Waals surface area (Å²) >= 11 is 0. The van der Waals surface area contributed by atoms with Crippen molar-refractivity contribution in [3.8, 4) is 5.75 Å². The van der Waals surface area contributed by atoms with Crippen molar-refractivity contribution in [3.05, 3.63) is 29.8 Å². The number of aliphatic hydroxyl groups is 7. The van der Waals surface area contributed by atoms with E-state index in [0.717, 1.165) is 0 Å². The van der Waals surface area contributed by atoms with Crippen LogP contribution in [-0.4, -0.2) is 123 Å². The Labute approximate surface area is 188 Å². The van der Waals surface area contributed by atoms with E-state index in [-0.39, 0.29) is 5.56 Å². The van der Waals surface area contributed by atoms with E-state index in [9.17, 15) is 40.5 Å². The third kappa shape index (κ3) is 5.44. The molecule has 2 saturated heterocycles. The van der Waals surface area contributed by atoms with Gasteiger partial charge in [0, 0.05) is 5.56 Å². The summed E-state index contributed by atoms with van der Waals surface area (Å²) in [7, 11) is 1.47. The predicted octanol–water partition coefficient (Wildman–Crippen LogP) is -3.95. The molecule has 186 valence electrons. The Bertz CT molecular complexity index is 775. The number of rotatable bonds is 7. The van der Waals surface area contributed by atoms with Crippen LogP contribution < -0.4 is 10.1 Å². The number of ether oxygens (including phenoxy) is 4. The molecule has 1 aromatic rings. The first-order chi connectivity index (χ1) is 15.7. The van der Waals surface area contributed by atoms with E-state index >= 15 is 0 Å². The predicted molar refractivity (Wildman–Crippen MR) is 107 cm³/mol. The Kier molecular flexibility index (Phi) is 8.58. The molecule has 0 aliphatic carbocycles. The Morgan fingerprint density at radius 2 is 1.52 bits per heavy atom. The van der Waals surface area contributed by atoms with Crippen LogP contribution in [0, 0.1) is 0 Å². The lowest BCUT2D eigenvalue weighted by Gasteiger charge is -2.46. The third-order valence-electron chi connectivity index (χ3n) is 5.63. The summed E-state index contributed by atoms with van der Waals surface area (Å²) < 4.78 is 21.2. The number of hydrogen-bond acceptors (Lipinski definition) is 12. The van der Waals surface area contributed by atoms with Crippen LogP contribution in [0.2, 0.25) is 0 Å². The van der Waals surface area contributed by atoms with Gasteiger partial charge < -0.3 is 60.0 Å². The fraction of sp³-hybridized carbons (Fsp3) is 0.650. The highest BCUT2D eigenvalue weighted by Crippen LogP contribution is 2.28. The van der Waals surface area contributed by atoms with Crippen molar-refractivity contribution in [3.63, 3.8) is 0 Å². The van der Waals surface area contributed by atoms with Crippen molar-refractivity contribution < 1.29 is 59.5 Å². The molecule has 0 aromatic heterocycles. The Hall–Kier alpha value is -1.91. The largest absolute Gasteiger partial charge is 0.497 e. The maximum atomic E-state index is 12.5. The molecule has 8 N–H and O–H groups in total. The van der Waals surface area contributed by atoms with E-state index in [1.165, 1.54) is 19.2 Å². The SMILES string of the molecule is COc1ccc(C(=O)N[C@@H]2O[C@H](CO)[C@H](O[C@H]3O[C@H](CO)[C@H](O)[C@H](O)[C@H]3O)[C@H](O)[C@H]2O)cc1. The van der Waals surface area contributed by atoms with Crippen LogP contribution in [0.1, 0.15) is 10.4 Å². The average Bonchev–Trinajstić information content (AvgIpc) is 2.83. The van der Waals surface area contributed by atoms with E-state index in [2.05, 4.69) is 5.32 Å². The highest BCUT2D eigenvalue weighted by Gasteiger charge is 2.50. The van der Waals surface area contributed by atoms with E-state index in [1.54, 1.807) is 12.1 Å². The van der Waals surface area contributed by atoms with Gasteiger partial charge in [-0.2, -0.15) is 0 Å². The minimum Gasteiger partial charge on any atom is -0.497 e. The van der Waals surface area contributed by atoms with Crippen molar-refractivity contribution in [1.29, 1.82) is 0 Å². The molecule has 13 nitrogen and oxygen atoms in total. The molecule has 0 spiro atoms. The van der Waals surface area contributed by atoms with Gasteiger partial charge in [-0.1, -0.05) is 0 Å². The zero-order valence-electron chi connectivity index (χ0n) is 17.7. The standard InChI is InChI=1S/C20H29NO12/c1-30-9-4-2-8(3-5-9)18(29)21-19-15(27)14(26)17(11(7-23)31-19)33-20-16(28)13(25)12(24)10(6-22)32-20/h2-5,10-17,19-20,22-28H,6-7H2,1H3,(H,21,29)/t10-,11-,12+,13+,14-,15-,16-,17+,19-,20-/m1/s1. The van der Waals surface area contributed by atoms with Crippen LogP contribution in [0.25, 0.3) is 0 Å². The molecule has 13 heteroatoms. The summed E-state index contributed by atoms with van der Waals surface area (Å²) in [6, 6.07) is 6.08. The molecule has 2 aliphatic heterocycles.